The Bertz CT molecular complexity index is 979. The normalized spacial score (nSPS) is 23.2. The molecule has 1 saturated carbocycles. The lowest BCUT2D eigenvalue weighted by molar-refractivity contribution is -0.122. The van der Waals surface area contributed by atoms with Gasteiger partial charge in [0, 0.05) is 44.4 Å². The summed E-state index contributed by atoms with van der Waals surface area (Å²) < 4.78 is 30.7. The highest BCUT2D eigenvalue weighted by Crippen LogP contribution is 2.40. The van der Waals surface area contributed by atoms with Crippen molar-refractivity contribution in [1.82, 2.24) is 4.90 Å². The maximum Gasteiger partial charge on any atom is 0.268 e. The van der Waals surface area contributed by atoms with Gasteiger partial charge in [0.15, 0.2) is 17.6 Å². The number of rotatable bonds is 9. The summed E-state index contributed by atoms with van der Waals surface area (Å²) in [5, 5.41) is 0. The number of nitrogens with zero attached hydrogens (tertiary/aromatic N) is 2. The minimum absolute atomic E-state index is 0.0493. The van der Waals surface area contributed by atoms with Gasteiger partial charge in [-0.25, -0.2) is 4.39 Å². The first-order valence-electron chi connectivity index (χ1n) is 11.9. The molecule has 0 spiro atoms. The van der Waals surface area contributed by atoms with E-state index in [4.69, 9.17) is 14.2 Å². The Morgan fingerprint density at radius 2 is 1.82 bits per heavy atom. The minimum atomic E-state index is -0.730. The number of carbonyl (C=O) groups excluding carboxylic acids is 1. The molecule has 2 atom stereocenters. The third-order valence-electron chi connectivity index (χ3n) is 6.70. The van der Waals surface area contributed by atoms with Gasteiger partial charge in [-0.3, -0.25) is 9.69 Å². The average Bonchev–Trinajstić information content (AvgIpc) is 3.51. The molecule has 176 valence electrons. The highest BCUT2D eigenvalue weighted by atomic mass is 19.1. The molecule has 3 aliphatic rings. The van der Waals surface area contributed by atoms with Crippen molar-refractivity contribution in [3.05, 3.63) is 48.0 Å². The molecule has 2 aromatic carbocycles. The zero-order chi connectivity index (χ0) is 22.8. The molecule has 33 heavy (non-hydrogen) atoms. The first-order valence-corrected chi connectivity index (χ1v) is 11.9. The number of benzene rings is 2. The monoisotopic (exact) mass is 454 g/mol. The molecular weight excluding hydrogens is 423 g/mol. The van der Waals surface area contributed by atoms with Crippen molar-refractivity contribution in [3.8, 4) is 17.2 Å². The number of anilines is 1. The molecule has 0 N–H and O–H groups in total. The van der Waals surface area contributed by atoms with Crippen LogP contribution in [0.2, 0.25) is 0 Å². The Labute approximate surface area is 194 Å². The average molecular weight is 455 g/mol. The molecule has 0 bridgehead atoms. The molecule has 0 aromatic heterocycles. The van der Waals surface area contributed by atoms with E-state index in [2.05, 4.69) is 17.0 Å². The first kappa shape index (κ1) is 22.0. The topological polar surface area (TPSA) is 51.2 Å². The fourth-order valence-electron chi connectivity index (χ4n) is 4.64. The van der Waals surface area contributed by atoms with Crippen molar-refractivity contribution in [3.63, 3.8) is 0 Å². The zero-order valence-electron chi connectivity index (χ0n) is 19.0. The van der Waals surface area contributed by atoms with Crippen LogP contribution >= 0.6 is 0 Å². The van der Waals surface area contributed by atoms with Gasteiger partial charge in [0.25, 0.3) is 5.91 Å². The second kappa shape index (κ2) is 9.59. The van der Waals surface area contributed by atoms with Gasteiger partial charge in [0.2, 0.25) is 0 Å². The smallest absolute Gasteiger partial charge is 0.268 e. The highest BCUT2D eigenvalue weighted by molar-refractivity contribution is 5.99. The van der Waals surface area contributed by atoms with E-state index in [0.717, 1.165) is 18.0 Å². The lowest BCUT2D eigenvalue weighted by atomic mass is 10.1. The fraction of sp³-hybridized carbons (Fsp3) is 0.500. The lowest BCUT2D eigenvalue weighted by Crippen LogP contribution is -2.32. The Kier molecular flexibility index (Phi) is 6.40. The van der Waals surface area contributed by atoms with Gasteiger partial charge in [-0.05, 0) is 55.0 Å². The maximum atomic E-state index is 13.3. The molecular formula is C26H31FN2O4. The molecule has 2 aliphatic heterocycles. The van der Waals surface area contributed by atoms with Gasteiger partial charge in [0.1, 0.15) is 18.5 Å². The van der Waals surface area contributed by atoms with Crippen LogP contribution < -0.4 is 19.1 Å². The Morgan fingerprint density at radius 1 is 1.00 bits per heavy atom. The van der Waals surface area contributed by atoms with Crippen LogP contribution in [-0.4, -0.2) is 63.0 Å². The summed E-state index contributed by atoms with van der Waals surface area (Å²) in [6, 6.07) is 13.7. The van der Waals surface area contributed by atoms with Crippen molar-refractivity contribution in [2.45, 2.75) is 43.9 Å². The number of amides is 1. The maximum absolute atomic E-state index is 13.3. The van der Waals surface area contributed by atoms with E-state index in [-0.39, 0.29) is 5.91 Å². The number of methoxy groups -OCH3 is 1. The Balaban J connectivity index is 1.18. The molecule has 1 amide bonds. The minimum Gasteiger partial charge on any atom is -0.493 e. The number of hydrogen-bond acceptors (Lipinski definition) is 5. The summed E-state index contributed by atoms with van der Waals surface area (Å²) in [7, 11) is 1.59. The quantitative estimate of drug-likeness (QED) is 0.569. The Hall–Kier alpha value is -2.80. The van der Waals surface area contributed by atoms with Crippen LogP contribution in [0.25, 0.3) is 0 Å². The highest BCUT2D eigenvalue weighted by Gasteiger charge is 2.35. The summed E-state index contributed by atoms with van der Waals surface area (Å²) in [6.45, 7) is 2.97. The predicted octanol–water partition coefficient (Wildman–Crippen LogP) is 4.18. The fourth-order valence-corrected chi connectivity index (χ4v) is 4.64. The summed E-state index contributed by atoms with van der Waals surface area (Å²) in [5.41, 5.74) is 2.11. The molecule has 6 nitrogen and oxygen atoms in total. The second-order valence-electron chi connectivity index (χ2n) is 9.10. The van der Waals surface area contributed by atoms with E-state index in [1.165, 1.54) is 18.4 Å². The molecule has 0 unspecified atom stereocenters. The van der Waals surface area contributed by atoms with Crippen LogP contribution in [-0.2, 0) is 4.79 Å². The van der Waals surface area contributed by atoms with Crippen molar-refractivity contribution < 1.29 is 23.4 Å². The molecule has 2 heterocycles. The largest absolute Gasteiger partial charge is 0.493 e. The predicted molar refractivity (Wildman–Crippen MR) is 124 cm³/mol. The number of carbonyl (C=O) groups is 1. The molecule has 7 heteroatoms. The third kappa shape index (κ3) is 5.08. The van der Waals surface area contributed by atoms with Crippen LogP contribution in [0.3, 0.4) is 0 Å². The summed E-state index contributed by atoms with van der Waals surface area (Å²) in [5.74, 6) is 2.58. The molecule has 3 fully saturated rings. The summed E-state index contributed by atoms with van der Waals surface area (Å²) in [4.78, 5) is 16.8. The van der Waals surface area contributed by atoms with E-state index in [1.54, 1.807) is 12.0 Å². The van der Waals surface area contributed by atoms with Gasteiger partial charge < -0.3 is 19.1 Å². The standard InChI is InChI=1S/C26H31FN2O4/c1-31-25-16-21(6-9-23(25)32-15-14-28-12-10-20(27)17-28)29-13-11-24(26(29)30)33-22-7-4-19(5-8-22)18-2-3-18/h4-9,16,18,20,24H,2-3,10-15,17H2,1H3/t20-,24+/m1/s1. The lowest BCUT2D eigenvalue weighted by Gasteiger charge is -2.20. The van der Waals surface area contributed by atoms with Crippen molar-refractivity contribution in [2.24, 2.45) is 0 Å². The second-order valence-corrected chi connectivity index (χ2v) is 9.10. The number of halogens is 1. The zero-order valence-corrected chi connectivity index (χ0v) is 19.0. The molecule has 2 saturated heterocycles. The van der Waals surface area contributed by atoms with E-state index >= 15 is 0 Å². The van der Waals surface area contributed by atoms with Gasteiger partial charge >= 0.3 is 0 Å². The molecule has 0 radical (unpaired) electrons. The number of likely N-dealkylation sites (tertiary alicyclic amines) is 1. The number of hydrogen-bond donors (Lipinski definition) is 0. The first-order chi connectivity index (χ1) is 16.1. The van der Waals surface area contributed by atoms with E-state index in [9.17, 15) is 9.18 Å². The molecule has 1 aliphatic carbocycles. The van der Waals surface area contributed by atoms with E-state index in [0.29, 0.717) is 56.5 Å². The van der Waals surface area contributed by atoms with Crippen molar-refractivity contribution in [2.75, 3.05) is 44.8 Å². The van der Waals surface area contributed by atoms with Crippen molar-refractivity contribution in [1.29, 1.82) is 0 Å². The summed E-state index contributed by atoms with van der Waals surface area (Å²) in [6.07, 6.45) is 2.54. The van der Waals surface area contributed by atoms with Gasteiger partial charge in [-0.2, -0.15) is 0 Å². The number of alkyl halides is 1. The van der Waals surface area contributed by atoms with Crippen molar-refractivity contribution >= 4 is 11.6 Å². The van der Waals surface area contributed by atoms with Crippen LogP contribution in [0.5, 0.6) is 17.2 Å². The van der Waals surface area contributed by atoms with E-state index < -0.39 is 12.3 Å². The SMILES string of the molecule is COc1cc(N2CC[C@H](Oc3ccc(C4CC4)cc3)C2=O)ccc1OCCN1CC[C@@H](F)C1. The van der Waals surface area contributed by atoms with Crippen LogP contribution in [0.15, 0.2) is 42.5 Å². The third-order valence-corrected chi connectivity index (χ3v) is 6.70. The van der Waals surface area contributed by atoms with Gasteiger partial charge in [-0.15, -0.1) is 0 Å². The summed E-state index contributed by atoms with van der Waals surface area (Å²) >= 11 is 0. The van der Waals surface area contributed by atoms with Crippen LogP contribution in [0, 0.1) is 0 Å². The number of ether oxygens (including phenoxy) is 3. The molecule has 5 rings (SSSR count). The van der Waals surface area contributed by atoms with E-state index in [1.807, 2.05) is 30.3 Å². The molecule has 2 aromatic rings. The van der Waals surface area contributed by atoms with Gasteiger partial charge in [0.05, 0.1) is 7.11 Å². The van der Waals surface area contributed by atoms with Crippen LogP contribution in [0.4, 0.5) is 10.1 Å². The Morgan fingerprint density at radius 3 is 2.52 bits per heavy atom. The van der Waals surface area contributed by atoms with Gasteiger partial charge in [-0.1, -0.05) is 12.1 Å². The van der Waals surface area contributed by atoms with Crippen LogP contribution in [0.1, 0.15) is 37.2 Å².